The number of fused-ring (bicyclic) bond motifs is 5. The summed E-state index contributed by atoms with van der Waals surface area (Å²) in [5.41, 5.74) is -4.11. The van der Waals surface area contributed by atoms with Crippen LogP contribution in [0, 0.1) is 33.5 Å². The van der Waals surface area contributed by atoms with Crippen molar-refractivity contribution in [1.82, 2.24) is 0 Å². The molecule has 0 aromatic carbocycles. The highest BCUT2D eigenvalue weighted by Crippen LogP contribution is 2.69. The Morgan fingerprint density at radius 2 is 1.77 bits per heavy atom. The Kier molecular flexibility index (Phi) is 6.64. The highest BCUT2D eigenvalue weighted by molar-refractivity contribution is 5.38. The van der Waals surface area contributed by atoms with Gasteiger partial charge in [-0.3, -0.25) is 0 Å². The fourth-order valence-corrected chi connectivity index (χ4v) is 8.64. The maximum atomic E-state index is 12.3. The summed E-state index contributed by atoms with van der Waals surface area (Å²) in [5.74, 6) is -0.649. The molecule has 11 atom stereocenters. The lowest BCUT2D eigenvalue weighted by Crippen LogP contribution is -2.63. The second kappa shape index (κ2) is 8.57. The minimum Gasteiger partial charge on any atom is -0.390 e. The highest BCUT2D eigenvalue weighted by Gasteiger charge is 2.69. The highest BCUT2D eigenvalue weighted by atomic mass is 16.3. The third-order valence-electron chi connectivity index (χ3n) is 10.8. The van der Waals surface area contributed by atoms with Crippen molar-refractivity contribution in [3.05, 3.63) is 16.6 Å². The molecule has 0 bridgehead atoms. The van der Waals surface area contributed by atoms with Gasteiger partial charge in [0, 0.05) is 5.41 Å². The van der Waals surface area contributed by atoms with Crippen LogP contribution in [-0.4, -0.2) is 71.8 Å². The lowest BCUT2D eigenvalue weighted by molar-refractivity contribution is -0.176. The van der Waals surface area contributed by atoms with Gasteiger partial charge >= 0.3 is 0 Å². The minimum absolute atomic E-state index is 0.0606. The van der Waals surface area contributed by atoms with Gasteiger partial charge in [0.1, 0.15) is 6.04 Å². The van der Waals surface area contributed by atoms with E-state index >= 15 is 0 Å². The van der Waals surface area contributed by atoms with Gasteiger partial charge in [0.15, 0.2) is 0 Å². The van der Waals surface area contributed by atoms with Crippen LogP contribution < -0.4 is 0 Å². The third-order valence-corrected chi connectivity index (χ3v) is 10.8. The first-order valence-corrected chi connectivity index (χ1v) is 13.3. The fourth-order valence-electron chi connectivity index (χ4n) is 8.64. The number of nitroso groups, excluding NO2 is 1. The molecule has 2 unspecified atom stereocenters. The van der Waals surface area contributed by atoms with E-state index in [0.29, 0.717) is 38.5 Å². The van der Waals surface area contributed by atoms with Crippen LogP contribution in [0.15, 0.2) is 16.8 Å². The molecule has 0 saturated heterocycles. The predicted octanol–water partition coefficient (Wildman–Crippen LogP) is 2.42. The summed E-state index contributed by atoms with van der Waals surface area (Å²) in [6.45, 7) is 9.02. The Labute approximate surface area is 208 Å². The maximum Gasteiger partial charge on any atom is 0.114 e. The Morgan fingerprint density at radius 3 is 2.37 bits per heavy atom. The smallest absolute Gasteiger partial charge is 0.114 e. The quantitative estimate of drug-likeness (QED) is 0.245. The number of aliphatic hydroxyl groups is 6. The largest absolute Gasteiger partial charge is 0.390 e. The Hall–Kier alpha value is -0.900. The molecular formula is C27H45NO7. The summed E-state index contributed by atoms with van der Waals surface area (Å²) in [6.07, 6.45) is 2.48. The number of nitrogens with zero attached hydrogens (tertiary/aromatic N) is 1. The van der Waals surface area contributed by atoms with Gasteiger partial charge in [-0.1, -0.05) is 25.1 Å². The zero-order chi connectivity index (χ0) is 26.2. The fraction of sp³-hybridized carbons (Fsp3) is 0.926. The molecule has 4 aliphatic rings. The van der Waals surface area contributed by atoms with E-state index in [9.17, 15) is 35.5 Å². The van der Waals surface area contributed by atoms with Gasteiger partial charge in [0.2, 0.25) is 0 Å². The van der Waals surface area contributed by atoms with Gasteiger partial charge in [0.25, 0.3) is 0 Å². The molecule has 35 heavy (non-hydrogen) atoms. The number of rotatable bonds is 6. The van der Waals surface area contributed by atoms with Gasteiger partial charge in [-0.2, -0.15) is 4.91 Å². The number of hydrogen-bond acceptors (Lipinski definition) is 8. The molecule has 0 aliphatic heterocycles. The van der Waals surface area contributed by atoms with E-state index in [4.69, 9.17) is 0 Å². The third kappa shape index (κ3) is 4.03. The first kappa shape index (κ1) is 27.1. The number of hydrogen-bond donors (Lipinski definition) is 6. The summed E-state index contributed by atoms with van der Waals surface area (Å²) in [4.78, 5) is 11.9. The van der Waals surface area contributed by atoms with Gasteiger partial charge in [0.05, 0.1) is 35.1 Å². The van der Waals surface area contributed by atoms with E-state index < -0.39 is 52.0 Å². The van der Waals surface area contributed by atoms with Crippen LogP contribution in [0.1, 0.15) is 86.0 Å². The molecule has 0 aromatic heterocycles. The monoisotopic (exact) mass is 495 g/mol. The Bertz CT molecular complexity index is 868. The van der Waals surface area contributed by atoms with E-state index in [-0.39, 0.29) is 24.2 Å². The molecule has 3 saturated carbocycles. The van der Waals surface area contributed by atoms with E-state index in [1.807, 2.05) is 13.0 Å². The van der Waals surface area contributed by atoms with E-state index in [0.717, 1.165) is 12.0 Å². The molecule has 0 aromatic rings. The molecule has 8 nitrogen and oxygen atoms in total. The molecule has 6 N–H and O–H groups in total. The molecule has 8 heteroatoms. The van der Waals surface area contributed by atoms with Crippen molar-refractivity contribution >= 4 is 0 Å². The Balaban J connectivity index is 1.69. The van der Waals surface area contributed by atoms with Crippen molar-refractivity contribution < 1.29 is 30.6 Å². The molecule has 200 valence electrons. The van der Waals surface area contributed by atoms with Crippen molar-refractivity contribution in [3.63, 3.8) is 0 Å². The lowest BCUT2D eigenvalue weighted by Gasteiger charge is -2.61. The summed E-state index contributed by atoms with van der Waals surface area (Å²) in [7, 11) is 0. The molecule has 0 spiro atoms. The second-order valence-electron chi connectivity index (χ2n) is 13.5. The standard InChI is InChI=1S/C27H45NO7/c1-23(2,32)9-8-22(31)26(5,33)21-7-11-27(34)16-12-18(28-35)17-13-19(29)20(30)14-24(17,3)15(16)6-10-25(21,27)4/h12,15,17-22,29-34H,6-11,13-14H2,1-5H3/t15-,17-,18?,19+,20-,21-,22?,24+,25+,26+,27+/m0/s1. The summed E-state index contributed by atoms with van der Waals surface area (Å²) < 4.78 is 0. The molecule has 3 fully saturated rings. The minimum atomic E-state index is -1.47. The zero-order valence-corrected chi connectivity index (χ0v) is 21.8. The maximum absolute atomic E-state index is 12.3. The summed E-state index contributed by atoms with van der Waals surface area (Å²) >= 11 is 0. The number of aliphatic hydroxyl groups excluding tert-OH is 3. The van der Waals surface area contributed by atoms with E-state index in [2.05, 4.69) is 12.1 Å². The van der Waals surface area contributed by atoms with Gasteiger partial charge in [-0.05, 0) is 101 Å². The summed E-state index contributed by atoms with van der Waals surface area (Å²) in [6, 6.07) is -0.697. The normalized spacial score (nSPS) is 48.1. The molecule has 0 amide bonds. The van der Waals surface area contributed by atoms with Crippen molar-refractivity contribution in [1.29, 1.82) is 0 Å². The average Bonchev–Trinajstić information content (AvgIpc) is 3.04. The van der Waals surface area contributed by atoms with Crippen LogP contribution in [0.25, 0.3) is 0 Å². The summed E-state index contributed by atoms with van der Waals surface area (Å²) in [5, 5.41) is 69.3. The van der Waals surface area contributed by atoms with Crippen LogP contribution in [0.2, 0.25) is 0 Å². The van der Waals surface area contributed by atoms with Crippen LogP contribution in [0.3, 0.4) is 0 Å². The van der Waals surface area contributed by atoms with Crippen molar-refractivity contribution in [3.8, 4) is 0 Å². The average molecular weight is 496 g/mol. The molecule has 4 aliphatic carbocycles. The first-order valence-electron chi connectivity index (χ1n) is 13.3. The second-order valence-corrected chi connectivity index (χ2v) is 13.5. The van der Waals surface area contributed by atoms with Crippen molar-refractivity contribution in [2.45, 2.75) is 127 Å². The van der Waals surface area contributed by atoms with Crippen molar-refractivity contribution in [2.24, 2.45) is 33.8 Å². The van der Waals surface area contributed by atoms with E-state index in [1.54, 1.807) is 20.8 Å². The first-order chi connectivity index (χ1) is 16.0. The van der Waals surface area contributed by atoms with Crippen LogP contribution in [0.4, 0.5) is 0 Å². The molecule has 0 radical (unpaired) electrons. The zero-order valence-electron chi connectivity index (χ0n) is 21.8. The van der Waals surface area contributed by atoms with E-state index in [1.165, 1.54) is 0 Å². The van der Waals surface area contributed by atoms with Gasteiger partial charge < -0.3 is 30.6 Å². The lowest BCUT2D eigenvalue weighted by atomic mass is 9.45. The Morgan fingerprint density at radius 1 is 1.11 bits per heavy atom. The topological polar surface area (TPSA) is 151 Å². The van der Waals surface area contributed by atoms with Crippen LogP contribution in [0.5, 0.6) is 0 Å². The SMILES string of the molecule is CC(C)(O)CCC(O)[C@](C)(O)[C@H]1CC[C@@]2(O)C3=CC(N=O)[C@@H]4C[C@@H](O)[C@@H](O)C[C@]4(C)[C@H]3CC[C@]12C. The van der Waals surface area contributed by atoms with Gasteiger partial charge in [-0.25, -0.2) is 0 Å². The van der Waals surface area contributed by atoms with Crippen LogP contribution >= 0.6 is 0 Å². The predicted molar refractivity (Wildman–Crippen MR) is 131 cm³/mol. The van der Waals surface area contributed by atoms with Gasteiger partial charge in [-0.15, -0.1) is 0 Å². The molecule has 0 heterocycles. The molecule has 4 rings (SSSR count). The van der Waals surface area contributed by atoms with Crippen molar-refractivity contribution in [2.75, 3.05) is 0 Å². The van der Waals surface area contributed by atoms with Crippen LogP contribution in [-0.2, 0) is 0 Å². The molecular weight excluding hydrogens is 450 g/mol.